The summed E-state index contributed by atoms with van der Waals surface area (Å²) in [6, 6.07) is 9.49. The van der Waals surface area contributed by atoms with Crippen molar-refractivity contribution in [2.45, 2.75) is 52.7 Å². The lowest BCUT2D eigenvalue weighted by molar-refractivity contribution is -0.122. The van der Waals surface area contributed by atoms with E-state index < -0.39 is 11.9 Å². The number of nitrogens with two attached hydrogens (primary N) is 1. The number of rotatable bonds is 3. The SMILES string of the molecule is Cc1cc(C(=O)N2Cc3ccccc3C[C@H]2C(N)=O)c(C)n1C(C)C. The molecule has 0 saturated carbocycles. The second-order valence-corrected chi connectivity index (χ2v) is 7.07. The highest BCUT2D eigenvalue weighted by Gasteiger charge is 2.35. The molecule has 0 fully saturated rings. The first-order valence-corrected chi connectivity index (χ1v) is 8.66. The minimum absolute atomic E-state index is 0.127. The normalized spacial score (nSPS) is 16.8. The van der Waals surface area contributed by atoms with Crippen LogP contribution in [0.15, 0.2) is 30.3 Å². The Morgan fingerprint density at radius 3 is 2.36 bits per heavy atom. The van der Waals surface area contributed by atoms with Gasteiger partial charge in [0.2, 0.25) is 5.91 Å². The van der Waals surface area contributed by atoms with E-state index in [4.69, 9.17) is 5.73 Å². The molecule has 1 aromatic carbocycles. The predicted molar refractivity (Wildman–Crippen MR) is 97.3 cm³/mol. The number of aromatic nitrogens is 1. The Morgan fingerprint density at radius 2 is 1.80 bits per heavy atom. The average Bonchev–Trinajstić information content (AvgIpc) is 2.87. The van der Waals surface area contributed by atoms with Crippen molar-refractivity contribution in [3.05, 3.63) is 58.4 Å². The van der Waals surface area contributed by atoms with Crippen LogP contribution in [0.25, 0.3) is 0 Å². The molecule has 1 aromatic heterocycles. The first-order chi connectivity index (χ1) is 11.8. The van der Waals surface area contributed by atoms with Gasteiger partial charge in [-0.1, -0.05) is 24.3 Å². The summed E-state index contributed by atoms with van der Waals surface area (Å²) in [6.45, 7) is 8.56. The predicted octanol–water partition coefficient (Wildman–Crippen LogP) is 2.74. The van der Waals surface area contributed by atoms with Crippen LogP contribution in [0.1, 0.15) is 52.8 Å². The number of carbonyl (C=O) groups is 2. The van der Waals surface area contributed by atoms with Gasteiger partial charge in [-0.25, -0.2) is 0 Å². The minimum atomic E-state index is -0.607. The Balaban J connectivity index is 2.01. The molecule has 1 atom stereocenters. The van der Waals surface area contributed by atoms with Crippen LogP contribution in [0.5, 0.6) is 0 Å². The van der Waals surface area contributed by atoms with E-state index >= 15 is 0 Å². The average molecular weight is 339 g/mol. The van der Waals surface area contributed by atoms with Crippen LogP contribution in [-0.2, 0) is 17.8 Å². The zero-order valence-corrected chi connectivity index (χ0v) is 15.2. The van der Waals surface area contributed by atoms with Crippen molar-refractivity contribution in [1.29, 1.82) is 0 Å². The van der Waals surface area contributed by atoms with E-state index in [1.807, 2.05) is 44.2 Å². The molecule has 2 aromatic rings. The van der Waals surface area contributed by atoms with E-state index in [9.17, 15) is 9.59 Å². The Bertz CT molecular complexity index is 835. The molecule has 2 amide bonds. The van der Waals surface area contributed by atoms with E-state index in [1.54, 1.807) is 4.90 Å². The molecule has 1 aliphatic rings. The van der Waals surface area contributed by atoms with Gasteiger partial charge in [0.25, 0.3) is 5.91 Å². The third-order valence-electron chi connectivity index (χ3n) is 5.07. The number of amides is 2. The summed E-state index contributed by atoms with van der Waals surface area (Å²) in [6.07, 6.45) is 0.472. The first kappa shape index (κ1) is 17.3. The number of primary amides is 1. The number of benzene rings is 1. The van der Waals surface area contributed by atoms with Gasteiger partial charge in [-0.3, -0.25) is 9.59 Å². The van der Waals surface area contributed by atoms with Crippen molar-refractivity contribution >= 4 is 11.8 Å². The topological polar surface area (TPSA) is 68.3 Å². The molecule has 1 aliphatic heterocycles. The fourth-order valence-electron chi connectivity index (χ4n) is 3.93. The maximum atomic E-state index is 13.2. The van der Waals surface area contributed by atoms with Crippen LogP contribution >= 0.6 is 0 Å². The molecule has 2 heterocycles. The van der Waals surface area contributed by atoms with Gasteiger partial charge >= 0.3 is 0 Å². The zero-order valence-electron chi connectivity index (χ0n) is 15.2. The number of hydrogen-bond donors (Lipinski definition) is 1. The molecule has 5 heteroatoms. The Kier molecular flexibility index (Phi) is 4.41. The van der Waals surface area contributed by atoms with Crippen LogP contribution in [0.3, 0.4) is 0 Å². The van der Waals surface area contributed by atoms with E-state index in [2.05, 4.69) is 18.4 Å². The van der Waals surface area contributed by atoms with Crippen LogP contribution in [0.4, 0.5) is 0 Å². The van der Waals surface area contributed by atoms with E-state index in [-0.39, 0.29) is 11.9 Å². The lowest BCUT2D eigenvalue weighted by atomic mass is 9.93. The molecule has 132 valence electrons. The molecule has 0 bridgehead atoms. The summed E-state index contributed by atoms with van der Waals surface area (Å²) >= 11 is 0. The minimum Gasteiger partial charge on any atom is -0.368 e. The standard InChI is InChI=1S/C20H25N3O2/c1-12(2)23-13(3)9-17(14(23)4)20(25)22-11-16-8-6-5-7-15(16)10-18(22)19(21)24/h5-9,12,18H,10-11H2,1-4H3,(H2,21,24)/t18-/m0/s1. The number of aryl methyl sites for hydroxylation is 1. The highest BCUT2D eigenvalue weighted by molar-refractivity contribution is 5.99. The van der Waals surface area contributed by atoms with Crippen LogP contribution in [0.2, 0.25) is 0 Å². The van der Waals surface area contributed by atoms with Gasteiger partial charge in [0.1, 0.15) is 6.04 Å². The largest absolute Gasteiger partial charge is 0.368 e. The lowest BCUT2D eigenvalue weighted by Crippen LogP contribution is -2.51. The van der Waals surface area contributed by atoms with Gasteiger partial charge in [0, 0.05) is 30.4 Å². The summed E-state index contributed by atoms with van der Waals surface area (Å²) in [5, 5.41) is 0. The van der Waals surface area contributed by atoms with Crippen LogP contribution in [0, 0.1) is 13.8 Å². The van der Waals surface area contributed by atoms with Crippen molar-refractivity contribution in [1.82, 2.24) is 9.47 Å². The second-order valence-electron chi connectivity index (χ2n) is 7.07. The summed E-state index contributed by atoms with van der Waals surface area (Å²) < 4.78 is 2.14. The van der Waals surface area contributed by atoms with Crippen molar-refractivity contribution in [3.8, 4) is 0 Å². The van der Waals surface area contributed by atoms with Crippen molar-refractivity contribution < 1.29 is 9.59 Å². The molecule has 0 aliphatic carbocycles. The van der Waals surface area contributed by atoms with Gasteiger partial charge in [-0.15, -0.1) is 0 Å². The molecule has 0 saturated heterocycles. The highest BCUT2D eigenvalue weighted by atomic mass is 16.2. The Morgan fingerprint density at radius 1 is 1.16 bits per heavy atom. The van der Waals surface area contributed by atoms with Crippen molar-refractivity contribution in [2.75, 3.05) is 0 Å². The molecular formula is C20H25N3O2. The van der Waals surface area contributed by atoms with Gasteiger partial charge in [-0.05, 0) is 44.9 Å². The molecule has 25 heavy (non-hydrogen) atoms. The lowest BCUT2D eigenvalue weighted by Gasteiger charge is -2.35. The maximum absolute atomic E-state index is 13.2. The van der Waals surface area contributed by atoms with Crippen molar-refractivity contribution in [3.63, 3.8) is 0 Å². The highest BCUT2D eigenvalue weighted by Crippen LogP contribution is 2.27. The molecule has 5 nitrogen and oxygen atoms in total. The molecular weight excluding hydrogens is 314 g/mol. The molecule has 0 spiro atoms. The quantitative estimate of drug-likeness (QED) is 0.934. The fourth-order valence-corrected chi connectivity index (χ4v) is 3.93. The molecule has 2 N–H and O–H groups in total. The Labute approximate surface area is 148 Å². The maximum Gasteiger partial charge on any atom is 0.256 e. The van der Waals surface area contributed by atoms with Crippen LogP contribution in [-0.4, -0.2) is 27.3 Å². The monoisotopic (exact) mass is 339 g/mol. The van der Waals surface area contributed by atoms with Gasteiger partial charge in [-0.2, -0.15) is 0 Å². The third-order valence-corrected chi connectivity index (χ3v) is 5.07. The van der Waals surface area contributed by atoms with Gasteiger partial charge in [0.05, 0.1) is 5.56 Å². The first-order valence-electron chi connectivity index (χ1n) is 8.66. The van der Waals surface area contributed by atoms with Gasteiger partial charge < -0.3 is 15.2 Å². The summed E-state index contributed by atoms with van der Waals surface area (Å²) in [5.41, 5.74) is 10.4. The number of fused-ring (bicyclic) bond motifs is 1. The number of hydrogen-bond acceptors (Lipinski definition) is 2. The fraction of sp³-hybridized carbons (Fsp3) is 0.400. The number of carbonyl (C=O) groups excluding carboxylic acids is 2. The second kappa shape index (κ2) is 6.39. The summed E-state index contributed by atoms with van der Waals surface area (Å²) in [7, 11) is 0. The smallest absolute Gasteiger partial charge is 0.256 e. The van der Waals surface area contributed by atoms with E-state index in [0.717, 1.165) is 22.5 Å². The molecule has 0 radical (unpaired) electrons. The van der Waals surface area contributed by atoms with Crippen LogP contribution < -0.4 is 5.73 Å². The third kappa shape index (κ3) is 2.95. The Hall–Kier alpha value is -2.56. The number of nitrogens with zero attached hydrogens (tertiary/aromatic N) is 2. The summed E-state index contributed by atoms with van der Waals surface area (Å²) in [4.78, 5) is 26.9. The van der Waals surface area contributed by atoms with Crippen molar-refractivity contribution in [2.24, 2.45) is 5.73 Å². The summed E-state index contributed by atoms with van der Waals surface area (Å²) in [5.74, 6) is -0.584. The van der Waals surface area contributed by atoms with E-state index in [0.29, 0.717) is 18.5 Å². The molecule has 0 unspecified atom stereocenters. The van der Waals surface area contributed by atoms with E-state index in [1.165, 1.54) is 0 Å². The zero-order chi connectivity index (χ0) is 18.3. The van der Waals surface area contributed by atoms with Gasteiger partial charge in [0.15, 0.2) is 0 Å². The molecule has 3 rings (SSSR count).